The number of pyridine rings is 1. The molecule has 0 aliphatic heterocycles. The molecule has 0 radical (unpaired) electrons. The molecule has 31 heavy (non-hydrogen) atoms. The summed E-state index contributed by atoms with van der Waals surface area (Å²) in [6.45, 7) is 4.28. The lowest BCUT2D eigenvalue weighted by Crippen LogP contribution is -2.29. The summed E-state index contributed by atoms with van der Waals surface area (Å²) in [5.74, 6) is -0.569. The minimum atomic E-state index is -0.756. The first-order chi connectivity index (χ1) is 14.8. The first kappa shape index (κ1) is 22.2. The van der Waals surface area contributed by atoms with E-state index in [0.29, 0.717) is 36.9 Å². The SMILES string of the molecule is CCc1cc2ccc(C(C)(C#N)CCCN(C)C(=O)c3ccc(F)cc3)cc2[nH]c1=O. The molecule has 0 saturated carbocycles. The number of carbonyl (C=O) groups excluding carboxylic acids is 1. The molecule has 5 nitrogen and oxygen atoms in total. The lowest BCUT2D eigenvalue weighted by molar-refractivity contribution is 0.0791. The summed E-state index contributed by atoms with van der Waals surface area (Å²) in [6.07, 6.45) is 1.83. The third-order valence-corrected chi connectivity index (χ3v) is 5.80. The third kappa shape index (κ3) is 4.83. The van der Waals surface area contributed by atoms with Crippen molar-refractivity contribution in [2.45, 2.75) is 38.5 Å². The van der Waals surface area contributed by atoms with Crippen molar-refractivity contribution in [3.63, 3.8) is 0 Å². The van der Waals surface area contributed by atoms with Gasteiger partial charge in [0.15, 0.2) is 0 Å². The van der Waals surface area contributed by atoms with E-state index in [9.17, 15) is 19.2 Å². The fourth-order valence-electron chi connectivity index (χ4n) is 3.70. The van der Waals surface area contributed by atoms with Crippen molar-refractivity contribution < 1.29 is 9.18 Å². The second kappa shape index (κ2) is 9.13. The molecular weight excluding hydrogens is 393 g/mol. The van der Waals surface area contributed by atoms with Crippen LogP contribution in [0, 0.1) is 17.1 Å². The largest absolute Gasteiger partial charge is 0.342 e. The number of nitriles is 1. The summed E-state index contributed by atoms with van der Waals surface area (Å²) in [4.78, 5) is 29.1. The van der Waals surface area contributed by atoms with E-state index in [1.165, 1.54) is 24.3 Å². The van der Waals surface area contributed by atoms with Crippen molar-refractivity contribution >= 4 is 16.8 Å². The molecule has 0 spiro atoms. The smallest absolute Gasteiger partial charge is 0.253 e. The number of amides is 1. The van der Waals surface area contributed by atoms with Gasteiger partial charge in [-0.15, -0.1) is 0 Å². The first-order valence-electron chi connectivity index (χ1n) is 10.4. The van der Waals surface area contributed by atoms with Gasteiger partial charge in [-0.1, -0.05) is 19.1 Å². The second-order valence-corrected chi connectivity index (χ2v) is 8.06. The predicted octanol–water partition coefficient (Wildman–Crippen LogP) is 4.56. The maximum atomic E-state index is 13.1. The van der Waals surface area contributed by atoms with Gasteiger partial charge in [-0.2, -0.15) is 5.26 Å². The molecule has 0 aliphatic carbocycles. The van der Waals surface area contributed by atoms with Gasteiger partial charge in [-0.05, 0) is 73.5 Å². The molecule has 1 amide bonds. The van der Waals surface area contributed by atoms with Crippen LogP contribution in [-0.4, -0.2) is 29.4 Å². The van der Waals surface area contributed by atoms with Crippen molar-refractivity contribution in [1.82, 2.24) is 9.88 Å². The number of aromatic amines is 1. The zero-order valence-electron chi connectivity index (χ0n) is 18.0. The van der Waals surface area contributed by atoms with Gasteiger partial charge >= 0.3 is 0 Å². The highest BCUT2D eigenvalue weighted by Crippen LogP contribution is 2.30. The van der Waals surface area contributed by atoms with E-state index in [-0.39, 0.29) is 17.3 Å². The second-order valence-electron chi connectivity index (χ2n) is 8.06. The van der Waals surface area contributed by atoms with Gasteiger partial charge in [0.2, 0.25) is 0 Å². The standard InChI is InChI=1S/C25H26FN3O2/c1-4-17-14-19-6-9-20(15-22(19)28-23(17)30)25(2,16-27)12-5-13-29(3)24(31)18-7-10-21(26)11-8-18/h6-11,14-15H,4-5,12-13H2,1-3H3,(H,28,30). The zero-order chi connectivity index (χ0) is 22.6. The van der Waals surface area contributed by atoms with Crippen LogP contribution >= 0.6 is 0 Å². The molecule has 0 fully saturated rings. The Morgan fingerprint density at radius 3 is 2.55 bits per heavy atom. The number of hydrogen-bond donors (Lipinski definition) is 1. The topological polar surface area (TPSA) is 77.0 Å². The van der Waals surface area contributed by atoms with E-state index in [1.54, 1.807) is 11.9 Å². The molecule has 3 rings (SSSR count). The number of hydrogen-bond acceptors (Lipinski definition) is 3. The van der Waals surface area contributed by atoms with Crippen LogP contribution < -0.4 is 5.56 Å². The fraction of sp³-hybridized carbons (Fsp3) is 0.320. The van der Waals surface area contributed by atoms with Gasteiger partial charge in [0.05, 0.1) is 11.5 Å². The Kier molecular flexibility index (Phi) is 6.55. The Morgan fingerprint density at radius 2 is 1.90 bits per heavy atom. The summed E-state index contributed by atoms with van der Waals surface area (Å²) in [5.41, 5.74) is 1.84. The fourth-order valence-corrected chi connectivity index (χ4v) is 3.70. The Balaban J connectivity index is 1.72. The number of benzene rings is 2. The van der Waals surface area contributed by atoms with E-state index in [4.69, 9.17) is 0 Å². The molecule has 1 atom stereocenters. The van der Waals surface area contributed by atoms with Crippen LogP contribution in [0.2, 0.25) is 0 Å². The molecule has 1 heterocycles. The van der Waals surface area contributed by atoms with E-state index in [2.05, 4.69) is 11.1 Å². The van der Waals surface area contributed by atoms with Crippen LogP contribution in [-0.2, 0) is 11.8 Å². The highest BCUT2D eigenvalue weighted by Gasteiger charge is 2.27. The summed E-state index contributed by atoms with van der Waals surface area (Å²) in [5, 5.41) is 10.8. The van der Waals surface area contributed by atoms with E-state index in [1.807, 2.05) is 38.1 Å². The van der Waals surface area contributed by atoms with Crippen molar-refractivity contribution in [2.75, 3.05) is 13.6 Å². The van der Waals surface area contributed by atoms with Gasteiger partial charge < -0.3 is 9.88 Å². The van der Waals surface area contributed by atoms with Crippen molar-refractivity contribution in [3.05, 3.63) is 81.4 Å². The highest BCUT2D eigenvalue weighted by molar-refractivity contribution is 5.94. The van der Waals surface area contributed by atoms with Gasteiger partial charge in [0.1, 0.15) is 5.82 Å². The molecule has 0 aliphatic rings. The lowest BCUT2D eigenvalue weighted by atomic mass is 9.79. The molecule has 160 valence electrons. The van der Waals surface area contributed by atoms with Crippen LogP contribution in [0.5, 0.6) is 0 Å². The number of nitrogens with one attached hydrogen (secondary N) is 1. The number of aryl methyl sites for hydroxylation is 1. The summed E-state index contributed by atoms with van der Waals surface area (Å²) >= 11 is 0. The Bertz CT molecular complexity index is 1190. The Hall–Kier alpha value is -3.46. The van der Waals surface area contributed by atoms with E-state index < -0.39 is 5.41 Å². The monoisotopic (exact) mass is 419 g/mol. The number of carbonyl (C=O) groups is 1. The van der Waals surface area contributed by atoms with E-state index in [0.717, 1.165) is 16.5 Å². The Labute approximate surface area is 181 Å². The minimum Gasteiger partial charge on any atom is -0.342 e. The quantitative estimate of drug-likeness (QED) is 0.610. The number of rotatable bonds is 7. The average Bonchev–Trinajstić information content (AvgIpc) is 2.78. The average molecular weight is 420 g/mol. The van der Waals surface area contributed by atoms with Crippen LogP contribution in [0.3, 0.4) is 0 Å². The number of halogens is 1. The summed E-state index contributed by atoms with van der Waals surface area (Å²) in [6, 6.07) is 15.5. The maximum Gasteiger partial charge on any atom is 0.253 e. The summed E-state index contributed by atoms with van der Waals surface area (Å²) < 4.78 is 13.1. The van der Waals surface area contributed by atoms with Crippen molar-refractivity contribution in [1.29, 1.82) is 5.26 Å². The molecule has 2 aromatic carbocycles. The molecule has 1 aromatic heterocycles. The van der Waals surface area contributed by atoms with E-state index >= 15 is 0 Å². The molecule has 6 heteroatoms. The lowest BCUT2D eigenvalue weighted by Gasteiger charge is -2.24. The van der Waals surface area contributed by atoms with Gasteiger partial charge in [0.25, 0.3) is 11.5 Å². The first-order valence-corrected chi connectivity index (χ1v) is 10.4. The minimum absolute atomic E-state index is 0.105. The number of nitrogens with zero attached hydrogens (tertiary/aromatic N) is 2. The zero-order valence-corrected chi connectivity index (χ0v) is 18.0. The van der Waals surface area contributed by atoms with Crippen LogP contribution in [0.4, 0.5) is 4.39 Å². The maximum absolute atomic E-state index is 13.1. The van der Waals surface area contributed by atoms with Gasteiger partial charge in [-0.25, -0.2) is 4.39 Å². The molecule has 1 N–H and O–H groups in total. The normalized spacial score (nSPS) is 12.9. The number of fused-ring (bicyclic) bond motifs is 1. The van der Waals surface area contributed by atoms with Crippen LogP contribution in [0.15, 0.2) is 53.3 Å². The van der Waals surface area contributed by atoms with Gasteiger partial charge in [-0.3, -0.25) is 9.59 Å². The van der Waals surface area contributed by atoms with Crippen molar-refractivity contribution in [3.8, 4) is 6.07 Å². The van der Waals surface area contributed by atoms with Crippen LogP contribution in [0.1, 0.15) is 48.2 Å². The number of H-pyrrole nitrogens is 1. The van der Waals surface area contributed by atoms with Crippen molar-refractivity contribution in [2.24, 2.45) is 0 Å². The van der Waals surface area contributed by atoms with Gasteiger partial charge in [0, 0.05) is 30.2 Å². The highest BCUT2D eigenvalue weighted by atomic mass is 19.1. The molecule has 0 saturated heterocycles. The predicted molar refractivity (Wildman–Crippen MR) is 120 cm³/mol. The molecule has 3 aromatic rings. The molecule has 1 unspecified atom stereocenters. The summed E-state index contributed by atoms with van der Waals surface area (Å²) in [7, 11) is 1.70. The molecule has 0 bridgehead atoms. The van der Waals surface area contributed by atoms with Crippen LogP contribution in [0.25, 0.3) is 10.9 Å². The third-order valence-electron chi connectivity index (χ3n) is 5.80. The molecular formula is C25H26FN3O2. The number of aromatic nitrogens is 1. The Morgan fingerprint density at radius 1 is 1.19 bits per heavy atom.